The maximum atomic E-state index is 12.0. The number of carboxylic acid groups (broad SMARTS) is 1. The van der Waals surface area contributed by atoms with E-state index in [0.29, 0.717) is 0 Å². The molecular weight excluding hydrogens is 316 g/mol. The van der Waals surface area contributed by atoms with E-state index < -0.39 is 16.4 Å². The van der Waals surface area contributed by atoms with Crippen molar-refractivity contribution in [1.82, 2.24) is 4.57 Å². The zero-order chi connectivity index (χ0) is 17.1. The first-order chi connectivity index (χ1) is 10.1. The van der Waals surface area contributed by atoms with Gasteiger partial charge in [-0.15, -0.1) is 0 Å². The summed E-state index contributed by atoms with van der Waals surface area (Å²) < 4.78 is 34.4. The zero-order valence-corrected chi connectivity index (χ0v) is 13.3. The summed E-state index contributed by atoms with van der Waals surface area (Å²) in [6.45, 7) is 1.95. The van der Waals surface area contributed by atoms with Gasteiger partial charge in [-0.25, -0.2) is 22.6 Å². The van der Waals surface area contributed by atoms with Crippen LogP contribution in [-0.2, 0) is 28.1 Å². The lowest BCUT2D eigenvalue weighted by Gasteiger charge is -2.19. The Morgan fingerprint density at radius 3 is 2.55 bits per heavy atom. The standard InChI is InChI=1S/C11H14N2O3.CH4O4S/c1-7-4-3-5-9-12(2)6-8(11(15)16)10(14)13(7)9;1-5-6(2,3)4/h6-7H,3-5H2,1-2H3;1H3,(H,2,3,4). The Bertz CT molecular complexity index is 724. The van der Waals surface area contributed by atoms with Crippen LogP contribution in [0.25, 0.3) is 0 Å². The van der Waals surface area contributed by atoms with Crippen LogP contribution in [0.5, 0.6) is 0 Å². The van der Waals surface area contributed by atoms with Crippen molar-refractivity contribution in [1.29, 1.82) is 0 Å². The van der Waals surface area contributed by atoms with Crippen molar-refractivity contribution in [2.24, 2.45) is 7.05 Å². The second-order valence-electron chi connectivity index (χ2n) is 4.87. The number of aromatic nitrogens is 2. The van der Waals surface area contributed by atoms with Gasteiger partial charge in [-0.2, -0.15) is 4.57 Å². The third kappa shape index (κ3) is 4.36. The summed E-state index contributed by atoms with van der Waals surface area (Å²) in [6, 6.07) is 0.0850. The summed E-state index contributed by atoms with van der Waals surface area (Å²) in [6.07, 6.45) is 4.21. The molecule has 0 saturated heterocycles. The van der Waals surface area contributed by atoms with Gasteiger partial charge in [0.25, 0.3) is 5.82 Å². The van der Waals surface area contributed by atoms with Crippen LogP contribution < -0.4 is 10.1 Å². The summed E-state index contributed by atoms with van der Waals surface area (Å²) in [5.74, 6) is -0.248. The maximum absolute atomic E-state index is 12.0. The second kappa shape index (κ2) is 6.99. The molecule has 1 aliphatic heterocycles. The maximum Gasteiger partial charge on any atom is 0.352 e. The number of rotatable bonds is 2. The van der Waals surface area contributed by atoms with Gasteiger partial charge in [-0.1, -0.05) is 0 Å². The third-order valence-corrected chi connectivity index (χ3v) is 3.76. The van der Waals surface area contributed by atoms with E-state index in [9.17, 15) is 22.6 Å². The summed E-state index contributed by atoms with van der Waals surface area (Å²) in [5, 5.41) is 8.95. The van der Waals surface area contributed by atoms with Gasteiger partial charge in [0, 0.05) is 6.42 Å². The smallest absolute Gasteiger partial charge is 0.352 e. The number of aromatic carboxylic acids is 1. The fraction of sp³-hybridized carbons (Fsp3) is 0.583. The minimum atomic E-state index is -4.41. The number of carbonyl (C=O) groups is 1. The Morgan fingerprint density at radius 2 is 2.09 bits per heavy atom. The Labute approximate surface area is 127 Å². The third-order valence-electron chi connectivity index (χ3n) is 3.35. The van der Waals surface area contributed by atoms with Crippen LogP contribution in [0.4, 0.5) is 0 Å². The molecule has 22 heavy (non-hydrogen) atoms. The summed E-state index contributed by atoms with van der Waals surface area (Å²) >= 11 is 0. The summed E-state index contributed by atoms with van der Waals surface area (Å²) in [4.78, 5) is 22.9. The van der Waals surface area contributed by atoms with Gasteiger partial charge in [-0.3, -0.25) is 4.18 Å². The zero-order valence-electron chi connectivity index (χ0n) is 12.5. The molecule has 1 unspecified atom stereocenters. The topological polar surface area (TPSA) is 130 Å². The quantitative estimate of drug-likeness (QED) is 0.432. The molecule has 2 rings (SSSR count). The van der Waals surface area contributed by atoms with Crippen molar-refractivity contribution in [2.45, 2.75) is 32.2 Å². The number of hydrogen-bond acceptors (Lipinski definition) is 6. The molecule has 1 aromatic heterocycles. The predicted octanol–water partition coefficient (Wildman–Crippen LogP) is -0.639. The summed E-state index contributed by atoms with van der Waals surface area (Å²) in [5.41, 5.74) is -0.534. The lowest BCUT2D eigenvalue weighted by molar-refractivity contribution is -0.685. The molecule has 9 nitrogen and oxygen atoms in total. The van der Waals surface area contributed by atoms with Crippen molar-refractivity contribution < 1.29 is 31.6 Å². The molecule has 0 fully saturated rings. The minimum absolute atomic E-state index is 0.0850. The van der Waals surface area contributed by atoms with Crippen molar-refractivity contribution in [2.75, 3.05) is 7.11 Å². The fourth-order valence-corrected chi connectivity index (χ4v) is 2.32. The van der Waals surface area contributed by atoms with Crippen LogP contribution in [0, 0.1) is 0 Å². The normalized spacial score (nSPS) is 17.2. The Morgan fingerprint density at radius 1 is 1.55 bits per heavy atom. The SMILES string of the molecule is CC1CCCc2n1c(=O)c(C(=O)O)c[n+]2C.COS(=O)(=O)[O-]. The minimum Gasteiger partial charge on any atom is -0.726 e. The summed E-state index contributed by atoms with van der Waals surface area (Å²) in [7, 11) is -1.82. The van der Waals surface area contributed by atoms with Gasteiger partial charge < -0.3 is 9.66 Å². The van der Waals surface area contributed by atoms with Crippen LogP contribution in [0.1, 0.15) is 42.0 Å². The molecule has 0 radical (unpaired) electrons. The number of hydrogen-bond donors (Lipinski definition) is 1. The lowest BCUT2D eigenvalue weighted by Crippen LogP contribution is -2.47. The Kier molecular flexibility index (Phi) is 5.80. The second-order valence-corrected chi connectivity index (χ2v) is 6.02. The molecule has 1 N–H and O–H groups in total. The van der Waals surface area contributed by atoms with Crippen molar-refractivity contribution in [3.05, 3.63) is 27.9 Å². The van der Waals surface area contributed by atoms with Gasteiger partial charge in [0.2, 0.25) is 10.4 Å². The molecule has 0 amide bonds. The van der Waals surface area contributed by atoms with Crippen LogP contribution in [0.15, 0.2) is 11.0 Å². The first kappa shape index (κ1) is 18.3. The molecule has 0 saturated carbocycles. The highest BCUT2D eigenvalue weighted by Gasteiger charge is 2.30. The molecule has 0 aromatic carbocycles. The molecule has 1 aromatic rings. The fourth-order valence-electron chi connectivity index (χ4n) is 2.32. The van der Waals surface area contributed by atoms with Gasteiger partial charge in [0.15, 0.2) is 5.56 Å². The van der Waals surface area contributed by atoms with Gasteiger partial charge in [-0.05, 0) is 19.8 Å². The highest BCUT2D eigenvalue weighted by Crippen LogP contribution is 2.19. The molecular formula is C12H18N2O7S. The first-order valence-electron chi connectivity index (χ1n) is 6.47. The van der Waals surface area contributed by atoms with Gasteiger partial charge in [0.05, 0.1) is 14.2 Å². The van der Waals surface area contributed by atoms with Gasteiger partial charge in [0.1, 0.15) is 12.2 Å². The molecule has 1 atom stereocenters. The number of nitrogens with zero attached hydrogens (tertiary/aromatic N) is 2. The van der Waals surface area contributed by atoms with Crippen LogP contribution in [0.3, 0.4) is 0 Å². The molecule has 0 spiro atoms. The Balaban J connectivity index is 0.000000346. The Hall–Kier alpha value is -1.78. The van der Waals surface area contributed by atoms with Crippen LogP contribution in [-0.4, -0.2) is 35.7 Å². The molecule has 124 valence electrons. The van der Waals surface area contributed by atoms with E-state index in [1.165, 1.54) is 6.20 Å². The number of fused-ring (bicyclic) bond motifs is 1. The molecule has 1 aliphatic rings. The van der Waals surface area contributed by atoms with E-state index in [1.807, 2.05) is 6.92 Å². The molecule has 0 bridgehead atoms. The van der Waals surface area contributed by atoms with Crippen LogP contribution >= 0.6 is 0 Å². The van der Waals surface area contributed by atoms with E-state index >= 15 is 0 Å². The predicted molar refractivity (Wildman–Crippen MR) is 73.2 cm³/mol. The first-order valence-corrected chi connectivity index (χ1v) is 7.80. The largest absolute Gasteiger partial charge is 0.726 e. The highest BCUT2D eigenvalue weighted by atomic mass is 32.3. The van der Waals surface area contributed by atoms with Crippen molar-refractivity contribution in [3.8, 4) is 0 Å². The van der Waals surface area contributed by atoms with E-state index in [2.05, 4.69) is 4.18 Å². The lowest BCUT2D eigenvalue weighted by atomic mass is 10.0. The van der Waals surface area contributed by atoms with Crippen molar-refractivity contribution >= 4 is 16.4 Å². The number of aryl methyl sites for hydroxylation is 1. The average Bonchev–Trinajstić information content (AvgIpc) is 2.42. The van der Waals surface area contributed by atoms with Crippen LogP contribution in [0.2, 0.25) is 0 Å². The van der Waals surface area contributed by atoms with Gasteiger partial charge >= 0.3 is 11.5 Å². The number of carboxylic acids is 1. The monoisotopic (exact) mass is 334 g/mol. The highest BCUT2D eigenvalue weighted by molar-refractivity contribution is 7.80. The molecule has 10 heteroatoms. The van der Waals surface area contributed by atoms with E-state index in [1.54, 1.807) is 16.2 Å². The van der Waals surface area contributed by atoms with E-state index in [0.717, 1.165) is 32.2 Å². The van der Waals surface area contributed by atoms with E-state index in [4.69, 9.17) is 5.11 Å². The van der Waals surface area contributed by atoms with E-state index in [-0.39, 0.29) is 17.2 Å². The molecule has 0 aliphatic carbocycles. The average molecular weight is 334 g/mol. The molecule has 2 heterocycles. The van der Waals surface area contributed by atoms with Crippen molar-refractivity contribution in [3.63, 3.8) is 0 Å².